The van der Waals surface area contributed by atoms with E-state index in [1.807, 2.05) is 13.1 Å². The number of anilines is 2. The van der Waals surface area contributed by atoms with E-state index in [9.17, 15) is 0 Å². The lowest BCUT2D eigenvalue weighted by atomic mass is 10.1. The third-order valence-electron chi connectivity index (χ3n) is 5.55. The maximum atomic E-state index is 6.05. The predicted molar refractivity (Wildman–Crippen MR) is 110 cm³/mol. The van der Waals surface area contributed by atoms with Gasteiger partial charge < -0.3 is 25.0 Å². The summed E-state index contributed by atoms with van der Waals surface area (Å²) < 4.78 is 11.5. The Balaban J connectivity index is 1.42. The molecule has 2 aliphatic heterocycles. The average Bonchev–Trinajstić information content (AvgIpc) is 3.33. The van der Waals surface area contributed by atoms with Gasteiger partial charge in [-0.2, -0.15) is 0 Å². The van der Waals surface area contributed by atoms with Crippen molar-refractivity contribution in [2.45, 2.75) is 44.9 Å². The summed E-state index contributed by atoms with van der Waals surface area (Å²) in [5, 5.41) is 6.72. The van der Waals surface area contributed by atoms with Crippen LogP contribution in [0.25, 0.3) is 0 Å². The molecule has 2 unspecified atom stereocenters. The van der Waals surface area contributed by atoms with Gasteiger partial charge in [-0.3, -0.25) is 0 Å². The van der Waals surface area contributed by atoms with Crippen LogP contribution in [0.3, 0.4) is 0 Å². The molecule has 0 aliphatic carbocycles. The number of nitrogens with zero attached hydrogens (tertiary/aromatic N) is 3. The molecule has 2 aromatic rings. The van der Waals surface area contributed by atoms with Crippen molar-refractivity contribution in [3.05, 3.63) is 35.7 Å². The van der Waals surface area contributed by atoms with E-state index in [-0.39, 0.29) is 6.10 Å². The Morgan fingerprint density at radius 3 is 3.00 bits per heavy atom. The smallest absolute Gasteiger partial charge is 0.134 e. The SMILES string of the molecule is CNc1cc(N2CCCC2CNCc2cc(OC)cc3c2OC(C)C3)ncn1. The molecule has 1 aromatic heterocycles. The van der Waals surface area contributed by atoms with Crippen LogP contribution >= 0.6 is 0 Å². The zero-order chi connectivity index (χ0) is 19.5. The van der Waals surface area contributed by atoms with Crippen molar-refractivity contribution in [3.63, 3.8) is 0 Å². The fourth-order valence-electron chi connectivity index (χ4n) is 4.19. The first-order valence-corrected chi connectivity index (χ1v) is 10.0. The minimum absolute atomic E-state index is 0.227. The number of ether oxygens (including phenoxy) is 2. The molecular weight excluding hydrogens is 354 g/mol. The van der Waals surface area contributed by atoms with Gasteiger partial charge in [0.05, 0.1) is 7.11 Å². The molecule has 0 radical (unpaired) electrons. The molecule has 0 amide bonds. The first kappa shape index (κ1) is 18.8. The number of hydrogen-bond donors (Lipinski definition) is 2. The Morgan fingerprint density at radius 2 is 2.18 bits per heavy atom. The average molecular weight is 383 g/mol. The van der Waals surface area contributed by atoms with Gasteiger partial charge in [0.1, 0.15) is 35.6 Å². The normalized spacial score (nSPS) is 20.8. The second-order valence-electron chi connectivity index (χ2n) is 7.54. The molecule has 1 aromatic carbocycles. The molecule has 2 atom stereocenters. The lowest BCUT2D eigenvalue weighted by Gasteiger charge is -2.26. The summed E-state index contributed by atoms with van der Waals surface area (Å²) in [5.41, 5.74) is 2.41. The Hall–Kier alpha value is -2.54. The van der Waals surface area contributed by atoms with Crippen LogP contribution in [0, 0.1) is 0 Å². The quantitative estimate of drug-likeness (QED) is 0.761. The van der Waals surface area contributed by atoms with Gasteiger partial charge in [-0.15, -0.1) is 0 Å². The molecule has 4 rings (SSSR count). The van der Waals surface area contributed by atoms with E-state index in [0.717, 1.165) is 55.6 Å². The Labute approximate surface area is 166 Å². The van der Waals surface area contributed by atoms with Crippen molar-refractivity contribution in [3.8, 4) is 11.5 Å². The van der Waals surface area contributed by atoms with Crippen molar-refractivity contribution in [2.24, 2.45) is 0 Å². The molecular formula is C21H29N5O2. The van der Waals surface area contributed by atoms with E-state index in [1.165, 1.54) is 17.5 Å². The molecule has 3 heterocycles. The summed E-state index contributed by atoms with van der Waals surface area (Å²) in [6.07, 6.45) is 5.14. The van der Waals surface area contributed by atoms with Crippen molar-refractivity contribution >= 4 is 11.6 Å². The topological polar surface area (TPSA) is 71.5 Å². The summed E-state index contributed by atoms with van der Waals surface area (Å²) >= 11 is 0. The number of hydrogen-bond acceptors (Lipinski definition) is 7. The van der Waals surface area contributed by atoms with Gasteiger partial charge in [0.25, 0.3) is 0 Å². The van der Waals surface area contributed by atoms with Crippen LogP contribution in [0.5, 0.6) is 11.5 Å². The largest absolute Gasteiger partial charge is 0.497 e. The van der Waals surface area contributed by atoms with Gasteiger partial charge in [0, 0.05) is 56.3 Å². The fourth-order valence-corrected chi connectivity index (χ4v) is 4.19. The Morgan fingerprint density at radius 1 is 1.29 bits per heavy atom. The minimum atomic E-state index is 0.227. The molecule has 0 spiro atoms. The van der Waals surface area contributed by atoms with Gasteiger partial charge in [0.15, 0.2) is 0 Å². The lowest BCUT2D eigenvalue weighted by molar-refractivity contribution is 0.252. The highest BCUT2D eigenvalue weighted by Gasteiger charge is 2.27. The predicted octanol–water partition coefficient (Wildman–Crippen LogP) is 2.61. The van der Waals surface area contributed by atoms with Crippen molar-refractivity contribution < 1.29 is 9.47 Å². The zero-order valence-corrected chi connectivity index (χ0v) is 16.9. The molecule has 2 aliphatic rings. The Bertz CT molecular complexity index is 828. The van der Waals surface area contributed by atoms with Gasteiger partial charge in [-0.25, -0.2) is 9.97 Å². The van der Waals surface area contributed by atoms with Crippen molar-refractivity contribution in [1.29, 1.82) is 0 Å². The van der Waals surface area contributed by atoms with E-state index in [4.69, 9.17) is 9.47 Å². The monoisotopic (exact) mass is 383 g/mol. The van der Waals surface area contributed by atoms with E-state index in [1.54, 1.807) is 13.4 Å². The lowest BCUT2D eigenvalue weighted by Crippen LogP contribution is -2.38. The second-order valence-corrected chi connectivity index (χ2v) is 7.54. The maximum Gasteiger partial charge on any atom is 0.134 e. The highest BCUT2D eigenvalue weighted by Crippen LogP contribution is 2.36. The first-order valence-electron chi connectivity index (χ1n) is 10.0. The van der Waals surface area contributed by atoms with Gasteiger partial charge >= 0.3 is 0 Å². The standard InChI is InChI=1S/C21H29N5O2/c1-14-7-15-8-18(27-3)9-16(21(15)28-14)11-23-12-17-5-4-6-26(17)20-10-19(22-2)24-13-25-20/h8-10,13-14,17,23H,4-7,11-12H2,1-3H3,(H,22,24,25). The van der Waals surface area contributed by atoms with Crippen LogP contribution in [0.2, 0.25) is 0 Å². The van der Waals surface area contributed by atoms with E-state index >= 15 is 0 Å². The van der Waals surface area contributed by atoms with Crippen molar-refractivity contribution in [1.82, 2.24) is 15.3 Å². The van der Waals surface area contributed by atoms with E-state index in [2.05, 4.69) is 44.6 Å². The molecule has 0 saturated carbocycles. The van der Waals surface area contributed by atoms with Crippen LogP contribution in [-0.2, 0) is 13.0 Å². The fraction of sp³-hybridized carbons (Fsp3) is 0.524. The number of aromatic nitrogens is 2. The number of nitrogens with one attached hydrogen (secondary N) is 2. The summed E-state index contributed by atoms with van der Waals surface area (Å²) in [6, 6.07) is 6.62. The van der Waals surface area contributed by atoms with Crippen LogP contribution in [0.15, 0.2) is 24.5 Å². The van der Waals surface area contributed by atoms with Crippen LogP contribution < -0.4 is 25.0 Å². The molecule has 7 nitrogen and oxygen atoms in total. The first-order chi connectivity index (χ1) is 13.7. The molecule has 150 valence electrons. The van der Waals surface area contributed by atoms with Gasteiger partial charge in [-0.05, 0) is 31.9 Å². The summed E-state index contributed by atoms with van der Waals surface area (Å²) in [7, 11) is 3.60. The summed E-state index contributed by atoms with van der Waals surface area (Å²) in [6.45, 7) is 4.81. The summed E-state index contributed by atoms with van der Waals surface area (Å²) in [4.78, 5) is 11.1. The van der Waals surface area contributed by atoms with E-state index < -0.39 is 0 Å². The number of benzene rings is 1. The third-order valence-corrected chi connectivity index (χ3v) is 5.55. The molecule has 28 heavy (non-hydrogen) atoms. The maximum absolute atomic E-state index is 6.05. The second kappa shape index (κ2) is 8.22. The molecule has 1 saturated heterocycles. The minimum Gasteiger partial charge on any atom is -0.497 e. The number of methoxy groups -OCH3 is 1. The highest BCUT2D eigenvalue weighted by molar-refractivity contribution is 5.51. The van der Waals surface area contributed by atoms with Crippen LogP contribution in [-0.4, -0.2) is 49.4 Å². The van der Waals surface area contributed by atoms with Gasteiger partial charge in [-0.1, -0.05) is 0 Å². The number of rotatable bonds is 7. The van der Waals surface area contributed by atoms with Crippen LogP contribution in [0.1, 0.15) is 30.9 Å². The van der Waals surface area contributed by atoms with Gasteiger partial charge in [0.2, 0.25) is 0 Å². The third kappa shape index (κ3) is 3.85. The Kier molecular flexibility index (Phi) is 5.52. The number of fused-ring (bicyclic) bond motifs is 1. The van der Waals surface area contributed by atoms with E-state index in [0.29, 0.717) is 6.04 Å². The van der Waals surface area contributed by atoms with Crippen molar-refractivity contribution in [2.75, 3.05) is 37.5 Å². The zero-order valence-electron chi connectivity index (χ0n) is 16.9. The molecule has 7 heteroatoms. The molecule has 2 N–H and O–H groups in total. The summed E-state index contributed by atoms with van der Waals surface area (Å²) in [5.74, 6) is 3.76. The molecule has 1 fully saturated rings. The molecule has 0 bridgehead atoms. The highest BCUT2D eigenvalue weighted by atomic mass is 16.5. The van der Waals surface area contributed by atoms with Crippen LogP contribution in [0.4, 0.5) is 11.6 Å².